The predicted molar refractivity (Wildman–Crippen MR) is 285 cm³/mol. The van der Waals surface area contributed by atoms with Crippen LogP contribution in [0.25, 0.3) is 94.7 Å². The fraction of sp³-hybridized carbons (Fsp3) is 0. The minimum Gasteiger partial charge on any atom is -0.455 e. The summed E-state index contributed by atoms with van der Waals surface area (Å²) in [6, 6.07) is 38.9. The second-order valence-electron chi connectivity index (χ2n) is 16.7. The molecule has 0 unspecified atom stereocenters. The van der Waals surface area contributed by atoms with Gasteiger partial charge in [0.2, 0.25) is 0 Å². The highest BCUT2D eigenvalue weighted by Crippen LogP contribution is 2.40. The van der Waals surface area contributed by atoms with Gasteiger partial charge in [-0.15, -0.1) is 32.8 Å². The van der Waals surface area contributed by atoms with E-state index in [1.165, 1.54) is 76.4 Å². The smallest absolute Gasteiger partial charge is 0.164 e. The minimum atomic E-state index is 0.627. The zero-order chi connectivity index (χ0) is 41.7. The van der Waals surface area contributed by atoms with Crippen molar-refractivity contribution in [3.05, 3.63) is 109 Å². The van der Waals surface area contributed by atoms with Gasteiger partial charge in [0.1, 0.15) is 89.6 Å². The fourth-order valence-electron chi connectivity index (χ4n) is 9.56. The zero-order valence-electron chi connectivity index (χ0n) is 36.1. The molecule has 0 amide bonds. The number of hydrogen-bond acceptors (Lipinski definition) is 4. The van der Waals surface area contributed by atoms with Crippen LogP contribution in [0.15, 0.2) is 114 Å². The maximum absolute atomic E-state index is 6.89. The van der Waals surface area contributed by atoms with E-state index in [0.717, 1.165) is 55.4 Å². The van der Waals surface area contributed by atoms with Crippen molar-refractivity contribution >= 4 is 177 Å². The molecule has 0 fully saturated rings. The lowest BCUT2D eigenvalue weighted by molar-refractivity contribution is 0.670. The van der Waals surface area contributed by atoms with Crippen LogP contribution in [0.2, 0.25) is 0 Å². The summed E-state index contributed by atoms with van der Waals surface area (Å²) in [5.41, 5.74) is 22.9. The molecule has 0 bridgehead atoms. The normalized spacial score (nSPS) is 11.7. The zero-order valence-corrected chi connectivity index (χ0v) is 36.1. The SMILES string of the molecule is Bc1c(B)c(B)c(-c2nc(-c3ccc4c(c3)oc3c(-c5ccc6c(c5)c5ccccc5n6-c5ccccc5)cccc34)nc(-c3c(B)c(B)c(B)c(B)c3B)n2)c(B)c1B. The molecule has 0 aliphatic carbocycles. The van der Waals surface area contributed by atoms with Crippen LogP contribution < -0.4 is 54.6 Å². The van der Waals surface area contributed by atoms with E-state index in [1.807, 2.05) is 0 Å². The van der Waals surface area contributed by atoms with Gasteiger partial charge < -0.3 is 8.98 Å². The number of rotatable bonds is 5. The molecule has 0 aliphatic heterocycles. The van der Waals surface area contributed by atoms with E-state index in [-0.39, 0.29) is 0 Å². The number of fused-ring (bicyclic) bond motifs is 6. The summed E-state index contributed by atoms with van der Waals surface area (Å²) in [6.07, 6.45) is 0. The molecular weight excluding hydrogens is 721 g/mol. The molecule has 0 N–H and O–H groups in total. The molecule has 15 heteroatoms. The molecule has 5 nitrogen and oxygen atoms in total. The molecular formula is C45H38B10N4O. The highest BCUT2D eigenvalue weighted by molar-refractivity contribution is 6.70. The molecule has 0 saturated heterocycles. The Morgan fingerprint density at radius 1 is 0.383 bits per heavy atom. The second kappa shape index (κ2) is 14.2. The Labute approximate surface area is 359 Å². The number of nitrogens with zero attached hydrogens (tertiary/aromatic N) is 4. The Morgan fingerprint density at radius 2 is 0.900 bits per heavy atom. The molecule has 0 aliphatic rings. The van der Waals surface area contributed by atoms with Crippen molar-refractivity contribution < 1.29 is 4.42 Å². The maximum Gasteiger partial charge on any atom is 0.164 e. The van der Waals surface area contributed by atoms with Crippen LogP contribution in [-0.4, -0.2) is 98.0 Å². The van der Waals surface area contributed by atoms with Crippen molar-refractivity contribution in [3.8, 4) is 51.0 Å². The molecule has 10 aromatic rings. The third-order valence-electron chi connectivity index (χ3n) is 13.8. The quantitative estimate of drug-likeness (QED) is 0.165. The number of para-hydroxylation sites is 3. The van der Waals surface area contributed by atoms with Gasteiger partial charge in [-0.3, -0.25) is 0 Å². The minimum absolute atomic E-state index is 0.627. The molecule has 0 atom stereocenters. The van der Waals surface area contributed by atoms with E-state index in [4.69, 9.17) is 19.4 Å². The Morgan fingerprint density at radius 3 is 1.53 bits per heavy atom. The molecule has 3 aromatic heterocycles. The Balaban J connectivity index is 1.16. The largest absolute Gasteiger partial charge is 0.455 e. The number of hydrogen-bond donors (Lipinski definition) is 0. The van der Waals surface area contributed by atoms with Crippen LogP contribution in [0, 0.1) is 0 Å². The Bertz CT molecular complexity index is 3310. The van der Waals surface area contributed by atoms with E-state index >= 15 is 0 Å². The van der Waals surface area contributed by atoms with Crippen molar-refractivity contribution in [1.82, 2.24) is 19.5 Å². The van der Waals surface area contributed by atoms with Crippen molar-refractivity contribution in [2.45, 2.75) is 0 Å². The van der Waals surface area contributed by atoms with Gasteiger partial charge in [0, 0.05) is 49.5 Å². The highest BCUT2D eigenvalue weighted by atomic mass is 16.3. The average molecular weight is 759 g/mol. The van der Waals surface area contributed by atoms with Gasteiger partial charge in [0.25, 0.3) is 0 Å². The van der Waals surface area contributed by atoms with E-state index in [1.54, 1.807) is 0 Å². The van der Waals surface area contributed by atoms with Crippen LogP contribution in [0.3, 0.4) is 0 Å². The molecule has 10 rings (SSSR count). The van der Waals surface area contributed by atoms with Crippen molar-refractivity contribution in [2.24, 2.45) is 0 Å². The summed E-state index contributed by atoms with van der Waals surface area (Å²) in [4.78, 5) is 15.9. The molecule has 7 aromatic carbocycles. The van der Waals surface area contributed by atoms with Gasteiger partial charge in [-0.25, -0.2) is 15.0 Å². The first-order chi connectivity index (χ1) is 28.9. The van der Waals surface area contributed by atoms with E-state index in [9.17, 15) is 0 Å². The van der Waals surface area contributed by atoms with Crippen LogP contribution in [0.1, 0.15) is 0 Å². The third-order valence-corrected chi connectivity index (χ3v) is 13.8. The van der Waals surface area contributed by atoms with Gasteiger partial charge in [-0.2, -0.15) is 0 Å². The van der Waals surface area contributed by atoms with Crippen LogP contribution >= 0.6 is 0 Å². The first kappa shape index (κ1) is 38.0. The van der Waals surface area contributed by atoms with Crippen LogP contribution in [0.4, 0.5) is 0 Å². The van der Waals surface area contributed by atoms with Crippen molar-refractivity contribution in [2.75, 3.05) is 0 Å². The summed E-state index contributed by atoms with van der Waals surface area (Å²) in [6.45, 7) is 0. The lowest BCUT2D eigenvalue weighted by atomic mass is 9.60. The molecule has 0 radical (unpaired) electrons. The Hall–Kier alpha value is -6.20. The Kier molecular flexibility index (Phi) is 9.02. The van der Waals surface area contributed by atoms with Crippen LogP contribution in [-0.2, 0) is 0 Å². The maximum atomic E-state index is 6.89. The van der Waals surface area contributed by atoms with Gasteiger partial charge >= 0.3 is 0 Å². The van der Waals surface area contributed by atoms with Crippen molar-refractivity contribution in [3.63, 3.8) is 0 Å². The number of furan rings is 1. The van der Waals surface area contributed by atoms with E-state index in [2.05, 4.69) is 192 Å². The topological polar surface area (TPSA) is 56.7 Å². The van der Waals surface area contributed by atoms with Crippen molar-refractivity contribution in [1.29, 1.82) is 0 Å². The summed E-state index contributed by atoms with van der Waals surface area (Å²) < 4.78 is 9.24. The number of aromatic nitrogens is 4. The second-order valence-corrected chi connectivity index (χ2v) is 16.7. The molecule has 274 valence electrons. The summed E-state index contributed by atoms with van der Waals surface area (Å²) in [5, 5.41) is 4.56. The first-order valence-electron chi connectivity index (χ1n) is 20.9. The summed E-state index contributed by atoms with van der Waals surface area (Å²) in [5.74, 6) is 2.02. The lowest BCUT2D eigenvalue weighted by Gasteiger charge is -2.22. The fourth-order valence-corrected chi connectivity index (χ4v) is 9.56. The van der Waals surface area contributed by atoms with E-state index < -0.39 is 0 Å². The molecule has 3 heterocycles. The predicted octanol–water partition coefficient (Wildman–Crippen LogP) is -5.88. The van der Waals surface area contributed by atoms with Gasteiger partial charge in [0.05, 0.1) is 11.0 Å². The molecule has 0 spiro atoms. The standard InChI is InChI=1S/C45H38B10N4O/c46-32-30(33(47)37(51)40(54)36(32)50)44-56-43(57-45(58-44)31-34(48)38(52)41(55)39(53)35(31)49)20-13-15-24-25-11-6-10-22(42(25)60-29(24)18-20)19-14-16-28-26(17-19)23-9-4-5-12-27(23)59(28)21-7-2-1-3-8-21/h1-18H,46-55H2. The lowest BCUT2D eigenvalue weighted by Crippen LogP contribution is -2.55. The summed E-state index contributed by atoms with van der Waals surface area (Å²) >= 11 is 0. The van der Waals surface area contributed by atoms with Gasteiger partial charge in [0.15, 0.2) is 17.5 Å². The van der Waals surface area contributed by atoms with E-state index in [0.29, 0.717) is 17.5 Å². The van der Waals surface area contributed by atoms with Crippen LogP contribution in [0.5, 0.6) is 0 Å². The third kappa shape index (κ3) is 5.73. The monoisotopic (exact) mass is 760 g/mol. The van der Waals surface area contributed by atoms with Gasteiger partial charge in [-0.05, 0) is 48.0 Å². The highest BCUT2D eigenvalue weighted by Gasteiger charge is 2.23. The molecule has 0 saturated carbocycles. The molecule has 60 heavy (non-hydrogen) atoms. The van der Waals surface area contributed by atoms with Gasteiger partial charge in [-0.1, -0.05) is 88.6 Å². The first-order valence-corrected chi connectivity index (χ1v) is 20.9. The number of benzene rings is 7. The average Bonchev–Trinajstić information content (AvgIpc) is 3.82. The summed E-state index contributed by atoms with van der Waals surface area (Å²) in [7, 11) is 22.0.